The van der Waals surface area contributed by atoms with Crippen molar-refractivity contribution in [2.75, 3.05) is 13.1 Å². The topological polar surface area (TPSA) is 44.8 Å². The summed E-state index contributed by atoms with van der Waals surface area (Å²) in [6.45, 7) is 2.19. The van der Waals surface area contributed by atoms with Crippen molar-refractivity contribution < 1.29 is 8.78 Å². The number of fused-ring (bicyclic) bond motifs is 1. The number of pyridine rings is 1. The standard InChI is InChI=1S/C22H20F2N4/c23-18-4-3-15(13-19(18)24)21-20(14-5-8-25-9-6-14)22(27-26-21)16-7-11-28-10-1-2-17(28)12-16/h3-6,8-9,12-13,17H,1-2,7,10-11H2,(H,26,27). The van der Waals surface area contributed by atoms with Crippen molar-refractivity contribution in [3.63, 3.8) is 0 Å². The lowest BCUT2D eigenvalue weighted by Gasteiger charge is -2.28. The van der Waals surface area contributed by atoms with Crippen LogP contribution in [-0.4, -0.2) is 39.2 Å². The zero-order chi connectivity index (χ0) is 19.1. The van der Waals surface area contributed by atoms with E-state index in [0.717, 1.165) is 42.4 Å². The fourth-order valence-corrected chi connectivity index (χ4v) is 4.33. The maximum atomic E-state index is 13.9. The molecule has 1 fully saturated rings. The van der Waals surface area contributed by atoms with Gasteiger partial charge in [0.05, 0.1) is 11.4 Å². The lowest BCUT2D eigenvalue weighted by Crippen LogP contribution is -2.32. The SMILES string of the molecule is Fc1ccc(-c2[nH]nc(C3=CC4CCCN4CC3)c2-c2ccncc2)cc1F. The zero-order valence-corrected chi connectivity index (χ0v) is 15.3. The van der Waals surface area contributed by atoms with E-state index in [4.69, 9.17) is 0 Å². The van der Waals surface area contributed by atoms with Gasteiger partial charge in [0, 0.05) is 36.1 Å². The quantitative estimate of drug-likeness (QED) is 0.720. The molecule has 4 heterocycles. The number of aromatic amines is 1. The fourth-order valence-electron chi connectivity index (χ4n) is 4.33. The summed E-state index contributed by atoms with van der Waals surface area (Å²) in [6.07, 6.45) is 9.12. The minimum Gasteiger partial charge on any atom is -0.297 e. The third kappa shape index (κ3) is 2.94. The zero-order valence-electron chi connectivity index (χ0n) is 15.3. The predicted octanol–water partition coefficient (Wildman–Crippen LogP) is 4.67. The van der Waals surface area contributed by atoms with E-state index in [0.29, 0.717) is 17.3 Å². The summed E-state index contributed by atoms with van der Waals surface area (Å²) < 4.78 is 27.3. The van der Waals surface area contributed by atoms with Gasteiger partial charge in [-0.2, -0.15) is 5.10 Å². The van der Waals surface area contributed by atoms with Crippen molar-refractivity contribution in [2.45, 2.75) is 25.3 Å². The average Bonchev–Trinajstić information content (AvgIpc) is 3.37. The summed E-state index contributed by atoms with van der Waals surface area (Å²) in [5.74, 6) is -1.72. The molecule has 6 heteroatoms. The maximum absolute atomic E-state index is 13.9. The molecule has 0 bridgehead atoms. The molecule has 0 saturated carbocycles. The first-order chi connectivity index (χ1) is 13.7. The van der Waals surface area contributed by atoms with Gasteiger partial charge >= 0.3 is 0 Å². The molecule has 0 aliphatic carbocycles. The van der Waals surface area contributed by atoms with Crippen LogP contribution in [0, 0.1) is 11.6 Å². The Morgan fingerprint density at radius 1 is 1.00 bits per heavy atom. The second-order valence-corrected chi connectivity index (χ2v) is 7.37. The number of H-pyrrole nitrogens is 1. The van der Waals surface area contributed by atoms with E-state index in [9.17, 15) is 8.78 Å². The van der Waals surface area contributed by atoms with E-state index in [1.807, 2.05) is 12.1 Å². The minimum absolute atomic E-state index is 0.470. The highest BCUT2D eigenvalue weighted by Gasteiger charge is 2.29. The van der Waals surface area contributed by atoms with Crippen LogP contribution in [0.25, 0.3) is 28.0 Å². The normalized spacial score (nSPS) is 19.5. The maximum Gasteiger partial charge on any atom is 0.159 e. The Kier molecular flexibility index (Phi) is 4.28. The Labute approximate surface area is 161 Å². The van der Waals surface area contributed by atoms with Gasteiger partial charge in [-0.15, -0.1) is 0 Å². The summed E-state index contributed by atoms with van der Waals surface area (Å²) in [5, 5.41) is 7.69. The Hall–Kier alpha value is -2.86. The Morgan fingerprint density at radius 3 is 2.68 bits per heavy atom. The predicted molar refractivity (Wildman–Crippen MR) is 104 cm³/mol. The molecule has 0 amide bonds. The molecule has 5 rings (SSSR count). The molecule has 2 aliphatic rings. The Bertz CT molecular complexity index is 1040. The van der Waals surface area contributed by atoms with Gasteiger partial charge in [-0.05, 0) is 67.3 Å². The Balaban J connectivity index is 1.66. The van der Waals surface area contributed by atoms with Crippen LogP contribution in [0.15, 0.2) is 48.8 Å². The van der Waals surface area contributed by atoms with Crippen molar-refractivity contribution in [2.24, 2.45) is 0 Å². The number of nitrogens with one attached hydrogen (secondary N) is 1. The summed E-state index contributed by atoms with van der Waals surface area (Å²) in [5.41, 5.74) is 5.22. The van der Waals surface area contributed by atoms with Crippen LogP contribution < -0.4 is 0 Å². The van der Waals surface area contributed by atoms with Crippen molar-refractivity contribution in [3.8, 4) is 22.4 Å². The van der Waals surface area contributed by atoms with Gasteiger partial charge in [0.1, 0.15) is 0 Å². The third-order valence-corrected chi connectivity index (χ3v) is 5.72. The first kappa shape index (κ1) is 17.3. The smallest absolute Gasteiger partial charge is 0.159 e. The summed E-state index contributed by atoms with van der Waals surface area (Å²) in [4.78, 5) is 6.62. The van der Waals surface area contributed by atoms with Crippen LogP contribution >= 0.6 is 0 Å². The number of benzene rings is 1. The summed E-state index contributed by atoms with van der Waals surface area (Å²) >= 11 is 0. The van der Waals surface area contributed by atoms with Crippen LogP contribution in [0.1, 0.15) is 25.0 Å². The minimum atomic E-state index is -0.868. The van der Waals surface area contributed by atoms with Crippen molar-refractivity contribution >= 4 is 5.57 Å². The molecule has 1 N–H and O–H groups in total. The van der Waals surface area contributed by atoms with Gasteiger partial charge in [0.2, 0.25) is 0 Å². The van der Waals surface area contributed by atoms with Gasteiger partial charge in [-0.1, -0.05) is 6.08 Å². The number of hydrogen-bond acceptors (Lipinski definition) is 3. The lowest BCUT2D eigenvalue weighted by atomic mass is 9.92. The first-order valence-electron chi connectivity index (χ1n) is 9.60. The third-order valence-electron chi connectivity index (χ3n) is 5.72. The van der Waals surface area contributed by atoms with Gasteiger partial charge in [-0.3, -0.25) is 15.0 Å². The molecule has 2 aliphatic heterocycles. The molecule has 1 atom stereocenters. The molecular weight excluding hydrogens is 358 g/mol. The van der Waals surface area contributed by atoms with Gasteiger partial charge < -0.3 is 0 Å². The molecule has 4 nitrogen and oxygen atoms in total. The molecule has 1 unspecified atom stereocenters. The monoisotopic (exact) mass is 378 g/mol. The van der Waals surface area contributed by atoms with Crippen LogP contribution in [0.2, 0.25) is 0 Å². The summed E-state index contributed by atoms with van der Waals surface area (Å²) in [6, 6.07) is 8.25. The number of rotatable bonds is 3. The largest absolute Gasteiger partial charge is 0.297 e. The van der Waals surface area contributed by atoms with E-state index in [2.05, 4.69) is 26.2 Å². The molecule has 0 spiro atoms. The Morgan fingerprint density at radius 2 is 1.86 bits per heavy atom. The van der Waals surface area contributed by atoms with Crippen LogP contribution in [0.4, 0.5) is 8.78 Å². The highest BCUT2D eigenvalue weighted by atomic mass is 19.2. The molecule has 142 valence electrons. The van der Waals surface area contributed by atoms with E-state index < -0.39 is 11.6 Å². The van der Waals surface area contributed by atoms with Crippen LogP contribution in [-0.2, 0) is 0 Å². The highest BCUT2D eigenvalue weighted by Crippen LogP contribution is 2.39. The van der Waals surface area contributed by atoms with E-state index >= 15 is 0 Å². The molecule has 2 aromatic heterocycles. The lowest BCUT2D eigenvalue weighted by molar-refractivity contribution is 0.287. The van der Waals surface area contributed by atoms with Gasteiger partial charge in [-0.25, -0.2) is 8.78 Å². The van der Waals surface area contributed by atoms with Crippen LogP contribution in [0.3, 0.4) is 0 Å². The van der Waals surface area contributed by atoms with Crippen molar-refractivity contribution in [1.29, 1.82) is 0 Å². The second kappa shape index (κ2) is 6.95. The van der Waals surface area contributed by atoms with Crippen molar-refractivity contribution in [1.82, 2.24) is 20.1 Å². The number of hydrogen-bond donors (Lipinski definition) is 1. The summed E-state index contributed by atoms with van der Waals surface area (Å²) in [7, 11) is 0. The van der Waals surface area contributed by atoms with Gasteiger partial charge in [0.25, 0.3) is 0 Å². The molecule has 1 saturated heterocycles. The highest BCUT2D eigenvalue weighted by molar-refractivity contribution is 5.89. The second-order valence-electron chi connectivity index (χ2n) is 7.37. The number of aromatic nitrogens is 3. The molecule has 3 aromatic rings. The molecule has 0 radical (unpaired) electrons. The van der Waals surface area contributed by atoms with Gasteiger partial charge in [0.15, 0.2) is 11.6 Å². The number of nitrogens with zero attached hydrogens (tertiary/aromatic N) is 3. The van der Waals surface area contributed by atoms with E-state index in [1.54, 1.807) is 18.5 Å². The molecule has 1 aromatic carbocycles. The average molecular weight is 378 g/mol. The number of halogens is 2. The molecule has 28 heavy (non-hydrogen) atoms. The first-order valence-corrected chi connectivity index (χ1v) is 9.60. The molecular formula is C22H20F2N4. The van der Waals surface area contributed by atoms with Crippen molar-refractivity contribution in [3.05, 3.63) is 66.1 Å². The van der Waals surface area contributed by atoms with E-state index in [1.165, 1.54) is 24.5 Å². The fraction of sp³-hybridized carbons (Fsp3) is 0.273. The van der Waals surface area contributed by atoms with E-state index in [-0.39, 0.29) is 0 Å². The van der Waals surface area contributed by atoms with Crippen LogP contribution in [0.5, 0.6) is 0 Å².